The van der Waals surface area contributed by atoms with Crippen molar-refractivity contribution in [3.63, 3.8) is 0 Å². The van der Waals surface area contributed by atoms with E-state index in [1.165, 1.54) is 9.80 Å². The highest BCUT2D eigenvalue weighted by molar-refractivity contribution is 6.34. The van der Waals surface area contributed by atoms with Gasteiger partial charge in [0.05, 0.1) is 31.1 Å². The lowest BCUT2D eigenvalue weighted by Crippen LogP contribution is -2.39. The van der Waals surface area contributed by atoms with Crippen LogP contribution in [-0.2, 0) is 64.2 Å². The summed E-state index contributed by atoms with van der Waals surface area (Å²) in [5.41, 5.74) is 8.66. The van der Waals surface area contributed by atoms with Gasteiger partial charge in [0, 0.05) is 39.6 Å². The van der Waals surface area contributed by atoms with Crippen LogP contribution in [0.4, 0.5) is 0 Å². The molecule has 12 nitrogen and oxygen atoms in total. The van der Waals surface area contributed by atoms with Crippen molar-refractivity contribution in [2.24, 2.45) is 19.8 Å². The van der Waals surface area contributed by atoms with Gasteiger partial charge in [0.1, 0.15) is 0 Å². The normalized spacial score (nSPS) is 10.3. The molecule has 0 aliphatic carbocycles. The summed E-state index contributed by atoms with van der Waals surface area (Å²) in [5, 5.41) is 8.12. The fourth-order valence-electron chi connectivity index (χ4n) is 3.99. The van der Waals surface area contributed by atoms with Crippen LogP contribution in [0, 0.1) is 0 Å². The molecule has 0 spiro atoms. The Hall–Kier alpha value is -5.26. The van der Waals surface area contributed by atoms with Crippen molar-refractivity contribution >= 4 is 23.7 Å². The number of carbonyl (C=O) groups is 4. The number of carbonyl (C=O) groups excluding carboxylic acids is 4. The first-order chi connectivity index (χ1) is 20.2. The number of nitrogens with two attached hydrogens (primary N) is 1. The van der Waals surface area contributed by atoms with E-state index in [0.29, 0.717) is 19.6 Å². The minimum Gasteiger partial charge on any atom is -0.459 e. The number of benzene rings is 2. The van der Waals surface area contributed by atoms with Gasteiger partial charge < -0.3 is 20.3 Å². The maximum Gasteiger partial charge on any atom is 0.397 e. The molecule has 0 saturated carbocycles. The molecule has 0 atom stereocenters. The van der Waals surface area contributed by atoms with E-state index in [4.69, 9.17) is 10.5 Å². The Morgan fingerprint density at radius 3 is 1.48 bits per heavy atom. The Labute approximate surface area is 244 Å². The van der Waals surface area contributed by atoms with Crippen molar-refractivity contribution in [3.8, 4) is 0 Å². The first-order valence-electron chi connectivity index (χ1n) is 13.3. The third kappa shape index (κ3) is 9.15. The minimum atomic E-state index is -0.955. The third-order valence-electron chi connectivity index (χ3n) is 6.22. The quantitative estimate of drug-likeness (QED) is 0.238. The van der Waals surface area contributed by atoms with Gasteiger partial charge in [0.25, 0.3) is 0 Å². The van der Waals surface area contributed by atoms with E-state index in [1.54, 1.807) is 48.8 Å². The average molecular weight is 574 g/mol. The Balaban J connectivity index is 0.000000231. The Bertz CT molecular complexity index is 1470. The van der Waals surface area contributed by atoms with Crippen molar-refractivity contribution in [2.75, 3.05) is 6.61 Å². The zero-order valence-corrected chi connectivity index (χ0v) is 23.9. The third-order valence-corrected chi connectivity index (χ3v) is 6.22. The van der Waals surface area contributed by atoms with Gasteiger partial charge in [-0.15, -0.1) is 0 Å². The van der Waals surface area contributed by atoms with Crippen LogP contribution < -0.4 is 5.73 Å². The van der Waals surface area contributed by atoms with E-state index >= 15 is 0 Å². The van der Waals surface area contributed by atoms with Crippen LogP contribution in [0.3, 0.4) is 0 Å². The van der Waals surface area contributed by atoms with Crippen molar-refractivity contribution in [2.45, 2.75) is 33.1 Å². The SMILES string of the molecule is CCOC(=O)C(=O)N(Cc1ccccc1)Cc1ccnn1C.Cn1nccc1CN(Cc1ccccc1)C(=O)C(N)=O. The highest BCUT2D eigenvalue weighted by Crippen LogP contribution is 2.11. The van der Waals surface area contributed by atoms with Crippen LogP contribution in [0.1, 0.15) is 29.4 Å². The summed E-state index contributed by atoms with van der Waals surface area (Å²) in [6.45, 7) is 3.09. The number of primary amides is 1. The van der Waals surface area contributed by atoms with E-state index in [2.05, 4.69) is 10.2 Å². The molecule has 0 aliphatic rings. The van der Waals surface area contributed by atoms with Gasteiger partial charge in [0.15, 0.2) is 0 Å². The van der Waals surface area contributed by atoms with Crippen LogP contribution in [0.25, 0.3) is 0 Å². The molecule has 42 heavy (non-hydrogen) atoms. The molecule has 0 fully saturated rings. The fourth-order valence-corrected chi connectivity index (χ4v) is 3.99. The van der Waals surface area contributed by atoms with Gasteiger partial charge >= 0.3 is 23.7 Å². The lowest BCUT2D eigenvalue weighted by Gasteiger charge is -2.21. The second-order valence-corrected chi connectivity index (χ2v) is 9.27. The second kappa shape index (κ2) is 15.5. The predicted molar refractivity (Wildman–Crippen MR) is 154 cm³/mol. The van der Waals surface area contributed by atoms with Gasteiger partial charge in [-0.3, -0.25) is 23.7 Å². The standard InChI is InChI=1S/C16H19N3O3.C14H16N4O2/c1-3-22-16(21)15(20)19(11-13-7-5-4-6-8-13)12-14-9-10-17-18(14)2;1-17-12(7-8-16-17)10-18(14(20)13(15)19)9-11-5-3-2-4-6-11/h4-10H,3,11-12H2,1-2H3;2-8H,9-10H2,1H3,(H2,15,19). The van der Waals surface area contributed by atoms with Crippen molar-refractivity contribution in [3.05, 3.63) is 108 Å². The van der Waals surface area contributed by atoms with Crippen LogP contribution in [0.5, 0.6) is 0 Å². The summed E-state index contributed by atoms with van der Waals surface area (Å²) in [6, 6.07) is 22.6. The maximum absolute atomic E-state index is 12.3. The summed E-state index contributed by atoms with van der Waals surface area (Å²) in [4.78, 5) is 50.0. The molecule has 12 heteroatoms. The van der Waals surface area contributed by atoms with Crippen LogP contribution >= 0.6 is 0 Å². The smallest absolute Gasteiger partial charge is 0.397 e. The highest BCUT2D eigenvalue weighted by Gasteiger charge is 2.24. The monoisotopic (exact) mass is 573 g/mol. The molecule has 4 rings (SSSR count). The van der Waals surface area contributed by atoms with Crippen LogP contribution in [0.2, 0.25) is 0 Å². The number of aryl methyl sites for hydroxylation is 2. The summed E-state index contributed by atoms with van der Waals surface area (Å²) in [6.07, 6.45) is 3.30. The van der Waals surface area contributed by atoms with Gasteiger partial charge in [-0.25, -0.2) is 4.79 Å². The van der Waals surface area contributed by atoms with E-state index in [9.17, 15) is 19.2 Å². The molecular weight excluding hydrogens is 538 g/mol. The number of hydrogen-bond acceptors (Lipinski definition) is 7. The number of hydrogen-bond donors (Lipinski definition) is 1. The lowest BCUT2D eigenvalue weighted by atomic mass is 10.2. The fraction of sp³-hybridized carbons (Fsp3) is 0.267. The topological polar surface area (TPSA) is 146 Å². The number of ether oxygens (including phenoxy) is 1. The minimum absolute atomic E-state index is 0.176. The largest absolute Gasteiger partial charge is 0.459 e. The van der Waals surface area contributed by atoms with Gasteiger partial charge in [0.2, 0.25) is 0 Å². The van der Waals surface area contributed by atoms with E-state index in [-0.39, 0.29) is 13.2 Å². The van der Waals surface area contributed by atoms with Gasteiger partial charge in [-0.1, -0.05) is 60.7 Å². The van der Waals surface area contributed by atoms with Crippen molar-refractivity contribution in [1.29, 1.82) is 0 Å². The van der Waals surface area contributed by atoms with E-state index in [1.807, 2.05) is 66.7 Å². The van der Waals surface area contributed by atoms with E-state index in [0.717, 1.165) is 22.5 Å². The van der Waals surface area contributed by atoms with Crippen LogP contribution in [0.15, 0.2) is 85.2 Å². The molecule has 2 aromatic heterocycles. The van der Waals surface area contributed by atoms with Crippen molar-refractivity contribution in [1.82, 2.24) is 29.4 Å². The highest BCUT2D eigenvalue weighted by atomic mass is 16.5. The Morgan fingerprint density at radius 2 is 1.12 bits per heavy atom. The zero-order valence-electron chi connectivity index (χ0n) is 23.9. The molecule has 2 aromatic carbocycles. The molecule has 220 valence electrons. The predicted octanol–water partition coefficient (Wildman–Crippen LogP) is 1.95. The van der Waals surface area contributed by atoms with Crippen molar-refractivity contribution < 1.29 is 23.9 Å². The van der Waals surface area contributed by atoms with Crippen LogP contribution in [-0.4, -0.2) is 59.7 Å². The first kappa shape index (κ1) is 31.3. The summed E-state index contributed by atoms with van der Waals surface area (Å²) in [7, 11) is 3.58. The molecule has 0 aliphatic heterocycles. The zero-order chi connectivity index (χ0) is 30.5. The Kier molecular flexibility index (Phi) is 11.5. The second-order valence-electron chi connectivity index (χ2n) is 9.27. The summed E-state index contributed by atoms with van der Waals surface area (Å²) >= 11 is 0. The number of aromatic nitrogens is 4. The summed E-state index contributed by atoms with van der Waals surface area (Å²) in [5.74, 6) is -3.13. The average Bonchev–Trinajstić information content (AvgIpc) is 3.59. The van der Waals surface area contributed by atoms with Gasteiger partial charge in [-0.05, 0) is 30.2 Å². The van der Waals surface area contributed by atoms with Gasteiger partial charge in [-0.2, -0.15) is 10.2 Å². The maximum atomic E-state index is 12.3. The molecule has 2 N–H and O–H groups in total. The Morgan fingerprint density at radius 1 is 0.690 bits per heavy atom. The molecule has 0 saturated heterocycles. The first-order valence-corrected chi connectivity index (χ1v) is 13.3. The molecule has 0 unspecified atom stereocenters. The summed E-state index contributed by atoms with van der Waals surface area (Å²) < 4.78 is 8.16. The molecule has 3 amide bonds. The molecular formula is C30H35N7O5. The number of rotatable bonds is 9. The lowest BCUT2D eigenvalue weighted by molar-refractivity contribution is -0.160. The molecule has 0 bridgehead atoms. The van der Waals surface area contributed by atoms with E-state index < -0.39 is 23.7 Å². The number of amides is 3. The number of esters is 1. The molecule has 4 aromatic rings. The molecule has 2 heterocycles. The molecule has 0 radical (unpaired) electrons. The number of nitrogens with zero attached hydrogens (tertiary/aromatic N) is 6.